The topological polar surface area (TPSA) is 32.3 Å². The van der Waals surface area contributed by atoms with E-state index in [0.29, 0.717) is 12.3 Å². The Bertz CT molecular complexity index is 436. The number of hydrogen-bond donors (Lipinski definition) is 1. The summed E-state index contributed by atoms with van der Waals surface area (Å²) in [6, 6.07) is 6.38. The second-order valence-corrected chi connectivity index (χ2v) is 5.37. The third-order valence-corrected chi connectivity index (χ3v) is 4.01. The molecule has 1 fully saturated rings. The minimum Gasteiger partial charge on any atom is -0.343 e. The van der Waals surface area contributed by atoms with Crippen molar-refractivity contribution in [3.05, 3.63) is 34.9 Å². The number of amides is 1. The predicted octanol–water partition coefficient (Wildman–Crippen LogP) is 2.41. The second-order valence-electron chi connectivity index (χ2n) is 5.37. The molecule has 1 aliphatic heterocycles. The molecular weight excluding hydrogens is 236 g/mol. The molecule has 3 heteroatoms. The zero-order valence-corrected chi connectivity index (χ0v) is 12.0. The van der Waals surface area contributed by atoms with E-state index in [1.807, 2.05) is 4.90 Å². The number of aryl methyl sites for hydroxylation is 1. The summed E-state index contributed by atoms with van der Waals surface area (Å²) in [5.41, 5.74) is 4.00. The average Bonchev–Trinajstić information content (AvgIpc) is 2.93. The van der Waals surface area contributed by atoms with Gasteiger partial charge >= 0.3 is 0 Å². The van der Waals surface area contributed by atoms with Crippen molar-refractivity contribution in [3.63, 3.8) is 0 Å². The predicted molar refractivity (Wildman–Crippen MR) is 78.1 cm³/mol. The molecule has 1 N–H and O–H groups in total. The van der Waals surface area contributed by atoms with Gasteiger partial charge in [0.05, 0.1) is 0 Å². The lowest BCUT2D eigenvalue weighted by Gasteiger charge is -2.15. The van der Waals surface area contributed by atoms with Crippen molar-refractivity contribution in [3.8, 4) is 0 Å². The van der Waals surface area contributed by atoms with E-state index in [-0.39, 0.29) is 0 Å². The smallest absolute Gasteiger partial charge is 0.223 e. The Kier molecular flexibility index (Phi) is 4.97. The number of likely N-dealkylation sites (tertiary alicyclic amines) is 1. The molecule has 0 aliphatic carbocycles. The molecule has 1 saturated heterocycles. The van der Waals surface area contributed by atoms with E-state index in [4.69, 9.17) is 0 Å². The molecule has 3 nitrogen and oxygen atoms in total. The molecule has 0 radical (unpaired) electrons. The van der Waals surface area contributed by atoms with Crippen molar-refractivity contribution < 1.29 is 4.79 Å². The second kappa shape index (κ2) is 6.71. The van der Waals surface area contributed by atoms with Crippen LogP contribution in [0.3, 0.4) is 0 Å². The van der Waals surface area contributed by atoms with Crippen LogP contribution in [0.5, 0.6) is 0 Å². The molecule has 0 unspecified atom stereocenters. The Morgan fingerprint density at radius 1 is 1.26 bits per heavy atom. The van der Waals surface area contributed by atoms with Gasteiger partial charge in [-0.1, -0.05) is 18.2 Å². The quantitative estimate of drug-likeness (QED) is 0.825. The van der Waals surface area contributed by atoms with Gasteiger partial charge in [0.2, 0.25) is 5.91 Å². The molecule has 1 aliphatic rings. The highest BCUT2D eigenvalue weighted by atomic mass is 16.2. The van der Waals surface area contributed by atoms with E-state index >= 15 is 0 Å². The Balaban J connectivity index is 1.71. The van der Waals surface area contributed by atoms with Crippen LogP contribution >= 0.6 is 0 Å². The molecular formula is C16H24N2O. The molecule has 0 bridgehead atoms. The highest BCUT2D eigenvalue weighted by Crippen LogP contribution is 2.12. The van der Waals surface area contributed by atoms with Gasteiger partial charge in [-0.2, -0.15) is 0 Å². The molecule has 1 aromatic carbocycles. The van der Waals surface area contributed by atoms with Gasteiger partial charge < -0.3 is 10.2 Å². The van der Waals surface area contributed by atoms with Gasteiger partial charge in [0, 0.05) is 32.6 Å². The average molecular weight is 260 g/mol. The zero-order chi connectivity index (χ0) is 13.7. The van der Waals surface area contributed by atoms with E-state index in [2.05, 4.69) is 37.4 Å². The standard InChI is InChI=1S/C16H24N2O/c1-13-6-5-7-15(14(13)2)12-17-9-8-16(19)18-10-3-4-11-18/h5-7,17H,3-4,8-12H2,1-2H3. The maximum absolute atomic E-state index is 11.9. The van der Waals surface area contributed by atoms with Crippen molar-refractivity contribution in [2.24, 2.45) is 0 Å². The number of benzene rings is 1. The van der Waals surface area contributed by atoms with Crippen LogP contribution < -0.4 is 5.32 Å². The van der Waals surface area contributed by atoms with Gasteiger partial charge in [-0.3, -0.25) is 4.79 Å². The normalized spacial score (nSPS) is 14.9. The summed E-state index contributed by atoms with van der Waals surface area (Å²) >= 11 is 0. The first-order valence-electron chi connectivity index (χ1n) is 7.22. The number of hydrogen-bond acceptors (Lipinski definition) is 2. The Labute approximate surface area is 116 Å². The third kappa shape index (κ3) is 3.80. The van der Waals surface area contributed by atoms with Crippen LogP contribution in [0, 0.1) is 13.8 Å². The van der Waals surface area contributed by atoms with Gasteiger partial charge in [0.25, 0.3) is 0 Å². The van der Waals surface area contributed by atoms with Crippen LogP contribution in [-0.2, 0) is 11.3 Å². The van der Waals surface area contributed by atoms with Crippen molar-refractivity contribution in [1.82, 2.24) is 10.2 Å². The molecule has 0 aromatic heterocycles. The zero-order valence-electron chi connectivity index (χ0n) is 12.0. The van der Waals surface area contributed by atoms with Gasteiger partial charge in [-0.15, -0.1) is 0 Å². The van der Waals surface area contributed by atoms with Crippen LogP contribution in [0.4, 0.5) is 0 Å². The Hall–Kier alpha value is -1.35. The molecule has 0 spiro atoms. The van der Waals surface area contributed by atoms with E-state index in [9.17, 15) is 4.79 Å². The fourth-order valence-electron chi connectivity index (χ4n) is 2.55. The molecule has 1 aromatic rings. The highest BCUT2D eigenvalue weighted by Gasteiger charge is 2.16. The van der Waals surface area contributed by atoms with Crippen LogP contribution in [0.15, 0.2) is 18.2 Å². The number of rotatable bonds is 5. The van der Waals surface area contributed by atoms with E-state index < -0.39 is 0 Å². The SMILES string of the molecule is Cc1cccc(CNCCC(=O)N2CCCC2)c1C. The largest absolute Gasteiger partial charge is 0.343 e. The van der Waals surface area contributed by atoms with Crippen molar-refractivity contribution >= 4 is 5.91 Å². The minimum atomic E-state index is 0.297. The summed E-state index contributed by atoms with van der Waals surface area (Å²) < 4.78 is 0. The van der Waals surface area contributed by atoms with E-state index in [1.165, 1.54) is 29.5 Å². The molecule has 0 atom stereocenters. The summed E-state index contributed by atoms with van der Waals surface area (Å²) in [7, 11) is 0. The number of nitrogens with zero attached hydrogens (tertiary/aromatic N) is 1. The summed E-state index contributed by atoms with van der Waals surface area (Å²) in [5.74, 6) is 0.297. The van der Waals surface area contributed by atoms with Crippen LogP contribution in [0.1, 0.15) is 36.0 Å². The number of nitrogens with one attached hydrogen (secondary N) is 1. The molecule has 1 heterocycles. The monoisotopic (exact) mass is 260 g/mol. The molecule has 1 amide bonds. The maximum atomic E-state index is 11.9. The van der Waals surface area contributed by atoms with Gasteiger partial charge in [0.1, 0.15) is 0 Å². The summed E-state index contributed by atoms with van der Waals surface area (Å²) in [6.45, 7) is 7.81. The lowest BCUT2D eigenvalue weighted by atomic mass is 10.0. The highest BCUT2D eigenvalue weighted by molar-refractivity contribution is 5.76. The number of carbonyl (C=O) groups excluding carboxylic acids is 1. The lowest BCUT2D eigenvalue weighted by molar-refractivity contribution is -0.130. The first-order valence-corrected chi connectivity index (χ1v) is 7.22. The van der Waals surface area contributed by atoms with Crippen molar-refractivity contribution in [2.75, 3.05) is 19.6 Å². The van der Waals surface area contributed by atoms with Crippen molar-refractivity contribution in [1.29, 1.82) is 0 Å². The number of carbonyl (C=O) groups is 1. The van der Waals surface area contributed by atoms with Crippen molar-refractivity contribution in [2.45, 2.75) is 39.7 Å². The fraction of sp³-hybridized carbons (Fsp3) is 0.562. The molecule has 0 saturated carbocycles. The van der Waals surface area contributed by atoms with E-state index in [0.717, 1.165) is 26.2 Å². The minimum absolute atomic E-state index is 0.297. The maximum Gasteiger partial charge on any atom is 0.223 e. The van der Waals surface area contributed by atoms with Gasteiger partial charge in [0.15, 0.2) is 0 Å². The molecule has 104 valence electrons. The first-order chi connectivity index (χ1) is 9.18. The van der Waals surface area contributed by atoms with Crippen LogP contribution in [0.25, 0.3) is 0 Å². The fourth-order valence-corrected chi connectivity index (χ4v) is 2.55. The van der Waals surface area contributed by atoms with Gasteiger partial charge in [-0.25, -0.2) is 0 Å². The summed E-state index contributed by atoms with van der Waals surface area (Å²) in [5, 5.41) is 3.38. The summed E-state index contributed by atoms with van der Waals surface area (Å²) in [6.07, 6.45) is 2.95. The van der Waals surface area contributed by atoms with Crippen LogP contribution in [0.2, 0.25) is 0 Å². The summed E-state index contributed by atoms with van der Waals surface area (Å²) in [4.78, 5) is 13.8. The third-order valence-electron chi connectivity index (χ3n) is 4.01. The Morgan fingerprint density at radius 2 is 2.00 bits per heavy atom. The molecule has 2 rings (SSSR count). The first kappa shape index (κ1) is 14.1. The Morgan fingerprint density at radius 3 is 2.74 bits per heavy atom. The lowest BCUT2D eigenvalue weighted by Crippen LogP contribution is -2.30. The van der Waals surface area contributed by atoms with Gasteiger partial charge in [-0.05, 0) is 43.4 Å². The molecule has 19 heavy (non-hydrogen) atoms. The van der Waals surface area contributed by atoms with Crippen LogP contribution in [-0.4, -0.2) is 30.4 Å². The van der Waals surface area contributed by atoms with E-state index in [1.54, 1.807) is 0 Å².